The predicted octanol–water partition coefficient (Wildman–Crippen LogP) is -0.551. The molecule has 0 nitrogen and oxygen atoms in total. The molecule has 0 N–H and O–H groups in total. The summed E-state index contributed by atoms with van der Waals surface area (Å²) in [5.41, 5.74) is 0. The molecule has 1 rings (SSSR count). The minimum Gasteiger partial charge on any atom is -1.00 e. The summed E-state index contributed by atoms with van der Waals surface area (Å²) in [5, 5.41) is 1.55. The average molecular weight is 329 g/mol. The third-order valence-corrected chi connectivity index (χ3v) is 5.86. The molecular weight excluding hydrogens is 311 g/mol. The monoisotopic (exact) mass is 328 g/mol. The van der Waals surface area contributed by atoms with Crippen LogP contribution in [0.15, 0.2) is 30.3 Å². The van der Waals surface area contributed by atoms with Gasteiger partial charge in [-0.15, -0.1) is 0 Å². The SMILES string of the molecule is [CH2-]CC[Si](C)(C)c1ccccc1.[I-].[Mg+2]. The van der Waals surface area contributed by atoms with Crippen molar-refractivity contribution in [3.8, 4) is 0 Å². The Balaban J connectivity index is 0. The van der Waals surface area contributed by atoms with Crippen LogP contribution in [0, 0.1) is 6.92 Å². The molecule has 1 aromatic rings. The van der Waals surface area contributed by atoms with Crippen LogP contribution in [0.25, 0.3) is 0 Å². The minimum atomic E-state index is -1.14. The molecule has 0 spiro atoms. The first-order valence-corrected chi connectivity index (χ1v) is 7.72. The van der Waals surface area contributed by atoms with E-state index < -0.39 is 8.07 Å². The van der Waals surface area contributed by atoms with E-state index in [4.69, 9.17) is 0 Å². The van der Waals surface area contributed by atoms with Crippen LogP contribution in [-0.4, -0.2) is 31.1 Å². The number of halogens is 1. The zero-order valence-corrected chi connectivity index (χ0v) is 13.7. The van der Waals surface area contributed by atoms with Crippen molar-refractivity contribution < 1.29 is 24.0 Å². The number of benzene rings is 1. The van der Waals surface area contributed by atoms with Crippen LogP contribution >= 0.6 is 0 Å². The molecule has 3 heteroatoms. The zero-order valence-electron chi connectivity index (χ0n) is 9.09. The van der Waals surface area contributed by atoms with E-state index >= 15 is 0 Å². The van der Waals surface area contributed by atoms with Gasteiger partial charge in [0.05, 0.1) is 8.07 Å². The first-order chi connectivity index (χ1) is 5.67. The van der Waals surface area contributed by atoms with Gasteiger partial charge in [0, 0.05) is 0 Å². The Labute approximate surface area is 122 Å². The fraction of sp³-hybridized carbons (Fsp3) is 0.364. The molecule has 0 saturated carbocycles. The van der Waals surface area contributed by atoms with Crippen molar-refractivity contribution in [3.63, 3.8) is 0 Å². The van der Waals surface area contributed by atoms with Crippen LogP contribution in [0.4, 0.5) is 0 Å². The molecule has 0 saturated heterocycles. The smallest absolute Gasteiger partial charge is 1.00 e. The molecule has 74 valence electrons. The van der Waals surface area contributed by atoms with Crippen LogP contribution < -0.4 is 29.2 Å². The summed E-state index contributed by atoms with van der Waals surface area (Å²) >= 11 is 0. The Hall–Kier alpha value is 0.933. The van der Waals surface area contributed by atoms with Crippen molar-refractivity contribution in [2.75, 3.05) is 0 Å². The second-order valence-corrected chi connectivity index (χ2v) is 8.70. The molecule has 0 bridgehead atoms. The maximum atomic E-state index is 3.93. The molecule has 0 amide bonds. The fourth-order valence-electron chi connectivity index (χ4n) is 1.48. The van der Waals surface area contributed by atoms with E-state index in [1.54, 1.807) is 5.19 Å². The molecule has 0 heterocycles. The summed E-state index contributed by atoms with van der Waals surface area (Å²) in [7, 11) is -1.14. The van der Waals surface area contributed by atoms with E-state index in [2.05, 4.69) is 50.3 Å². The molecule has 0 fully saturated rings. The summed E-state index contributed by atoms with van der Waals surface area (Å²) < 4.78 is 0. The quantitative estimate of drug-likeness (QED) is 0.397. The second kappa shape index (κ2) is 8.13. The van der Waals surface area contributed by atoms with Gasteiger partial charge < -0.3 is 30.9 Å². The van der Waals surface area contributed by atoms with Gasteiger partial charge in [0.1, 0.15) is 0 Å². The zero-order chi connectivity index (χ0) is 9.03. The first-order valence-electron chi connectivity index (χ1n) is 4.51. The largest absolute Gasteiger partial charge is 2.00 e. The molecule has 0 unspecified atom stereocenters. The predicted molar refractivity (Wildman–Crippen MR) is 64.1 cm³/mol. The van der Waals surface area contributed by atoms with Gasteiger partial charge >= 0.3 is 23.1 Å². The van der Waals surface area contributed by atoms with Crippen LogP contribution in [-0.2, 0) is 0 Å². The summed E-state index contributed by atoms with van der Waals surface area (Å²) in [6, 6.07) is 12.1. The molecule has 0 atom stereocenters. The van der Waals surface area contributed by atoms with E-state index in [1.165, 1.54) is 6.04 Å². The Morgan fingerprint density at radius 3 is 2.07 bits per heavy atom. The summed E-state index contributed by atoms with van der Waals surface area (Å²) in [4.78, 5) is 0. The maximum absolute atomic E-state index is 3.93. The molecule has 0 aliphatic carbocycles. The fourth-order valence-corrected chi connectivity index (χ4v) is 3.74. The van der Waals surface area contributed by atoms with Gasteiger partial charge in [0.25, 0.3) is 0 Å². The Morgan fingerprint density at radius 1 is 1.14 bits per heavy atom. The molecule has 14 heavy (non-hydrogen) atoms. The van der Waals surface area contributed by atoms with Crippen LogP contribution in [0.1, 0.15) is 6.42 Å². The molecule has 1 aromatic carbocycles. The second-order valence-electron chi connectivity index (χ2n) is 3.85. The summed E-state index contributed by atoms with van der Waals surface area (Å²) in [6.07, 6.45) is 1.06. The number of hydrogen-bond donors (Lipinski definition) is 0. The standard InChI is InChI=1S/C11H17Si.HI.Mg/c1-4-10-12(2,3)11-8-6-5-7-9-11;;/h5-9H,1,4,10H2,2-3H3;1H;/q-1;;+2/p-1. The van der Waals surface area contributed by atoms with Gasteiger partial charge in [0.15, 0.2) is 0 Å². The normalized spacial score (nSPS) is 9.93. The van der Waals surface area contributed by atoms with Crippen molar-refractivity contribution in [3.05, 3.63) is 37.3 Å². The third-order valence-electron chi connectivity index (χ3n) is 2.36. The average Bonchev–Trinajstić information content (AvgIpc) is 2.06. The van der Waals surface area contributed by atoms with Gasteiger partial charge in [-0.25, -0.2) is 0 Å². The first kappa shape index (κ1) is 17.3. The Kier molecular flexibility index (Phi) is 10.1. The van der Waals surface area contributed by atoms with Gasteiger partial charge in [-0.05, 0) is 0 Å². The van der Waals surface area contributed by atoms with Crippen LogP contribution in [0.2, 0.25) is 19.1 Å². The molecule has 0 aliphatic rings. The third kappa shape index (κ3) is 5.14. The van der Waals surface area contributed by atoms with Crippen LogP contribution in [0.3, 0.4) is 0 Å². The van der Waals surface area contributed by atoms with E-state index in [0.717, 1.165) is 6.42 Å². The minimum absolute atomic E-state index is 0. The van der Waals surface area contributed by atoms with Crippen molar-refractivity contribution in [2.24, 2.45) is 0 Å². The van der Waals surface area contributed by atoms with Crippen molar-refractivity contribution in [1.82, 2.24) is 0 Å². The summed E-state index contributed by atoms with van der Waals surface area (Å²) in [5.74, 6) is 0. The maximum Gasteiger partial charge on any atom is 2.00 e. The van der Waals surface area contributed by atoms with Crippen LogP contribution in [0.5, 0.6) is 0 Å². The van der Waals surface area contributed by atoms with E-state index in [-0.39, 0.29) is 47.0 Å². The molecular formula is C11H17IMgSi. The van der Waals surface area contributed by atoms with Crippen molar-refractivity contribution in [2.45, 2.75) is 25.6 Å². The Bertz CT molecular complexity index is 236. The van der Waals surface area contributed by atoms with E-state index in [9.17, 15) is 0 Å². The van der Waals surface area contributed by atoms with Gasteiger partial charge in [0.2, 0.25) is 0 Å². The van der Waals surface area contributed by atoms with E-state index in [0.29, 0.717) is 0 Å². The number of hydrogen-bond acceptors (Lipinski definition) is 0. The van der Waals surface area contributed by atoms with E-state index in [1.807, 2.05) is 0 Å². The number of rotatable bonds is 3. The summed E-state index contributed by atoms with van der Waals surface area (Å²) in [6.45, 7) is 8.75. The van der Waals surface area contributed by atoms with Gasteiger partial charge in [-0.3, -0.25) is 0 Å². The van der Waals surface area contributed by atoms with Crippen molar-refractivity contribution >= 4 is 36.3 Å². The topological polar surface area (TPSA) is 0 Å². The molecule has 0 radical (unpaired) electrons. The van der Waals surface area contributed by atoms with Gasteiger partial charge in [-0.1, -0.05) is 54.7 Å². The van der Waals surface area contributed by atoms with Gasteiger partial charge in [-0.2, -0.15) is 6.42 Å². The molecule has 0 aromatic heterocycles. The van der Waals surface area contributed by atoms with Crippen molar-refractivity contribution in [1.29, 1.82) is 0 Å². The molecule has 0 aliphatic heterocycles. The Morgan fingerprint density at radius 2 is 1.64 bits per heavy atom.